The number of nitrogens with one attached hydrogen (secondary N) is 2. The molecule has 1 aromatic heterocycles. The van der Waals surface area contributed by atoms with E-state index in [2.05, 4.69) is 41.8 Å². The van der Waals surface area contributed by atoms with Gasteiger partial charge >= 0.3 is 6.03 Å². The maximum Gasteiger partial charge on any atom is 0.317 e. The highest BCUT2D eigenvalue weighted by Gasteiger charge is 2.34. The van der Waals surface area contributed by atoms with Gasteiger partial charge in [-0.25, -0.2) is 4.79 Å². The second-order valence-electron chi connectivity index (χ2n) is 8.10. The molecular weight excluding hydrogens is 402 g/mol. The number of carbonyl (C=O) groups is 2. The van der Waals surface area contributed by atoms with Crippen LogP contribution < -0.4 is 10.6 Å². The fourth-order valence-corrected chi connectivity index (χ4v) is 4.04. The predicted molar refractivity (Wildman–Crippen MR) is 126 cm³/mol. The number of aryl methyl sites for hydroxylation is 1. The van der Waals surface area contributed by atoms with E-state index in [1.54, 1.807) is 17.2 Å². The third kappa shape index (κ3) is 6.13. The van der Waals surface area contributed by atoms with Crippen molar-refractivity contribution in [2.75, 3.05) is 13.1 Å². The summed E-state index contributed by atoms with van der Waals surface area (Å²) in [5.41, 5.74) is 3.19. The summed E-state index contributed by atoms with van der Waals surface area (Å²) in [5, 5.41) is 5.92. The Kier molecular flexibility index (Phi) is 8.31. The van der Waals surface area contributed by atoms with Gasteiger partial charge in [0.2, 0.25) is 5.91 Å². The molecule has 1 aromatic carbocycles. The van der Waals surface area contributed by atoms with Gasteiger partial charge in [0.25, 0.3) is 0 Å². The minimum Gasteiger partial charge on any atom is -0.467 e. The zero-order chi connectivity index (χ0) is 22.9. The molecule has 3 rings (SSSR count). The summed E-state index contributed by atoms with van der Waals surface area (Å²) in [4.78, 5) is 27.8. The van der Waals surface area contributed by atoms with Crippen LogP contribution >= 0.6 is 0 Å². The average molecular weight is 436 g/mol. The largest absolute Gasteiger partial charge is 0.467 e. The Morgan fingerprint density at radius 3 is 2.56 bits per heavy atom. The summed E-state index contributed by atoms with van der Waals surface area (Å²) in [6.45, 7) is 7.21. The van der Waals surface area contributed by atoms with E-state index in [0.717, 1.165) is 17.7 Å². The fraction of sp³-hybridized carbons (Fsp3) is 0.385. The zero-order valence-corrected chi connectivity index (χ0v) is 19.1. The number of likely N-dealkylation sites (tertiary alicyclic amines) is 1. The maximum absolute atomic E-state index is 13.1. The van der Waals surface area contributed by atoms with E-state index in [0.29, 0.717) is 31.8 Å². The van der Waals surface area contributed by atoms with Crippen LogP contribution in [0.4, 0.5) is 4.79 Å². The third-order valence-corrected chi connectivity index (χ3v) is 5.89. The summed E-state index contributed by atoms with van der Waals surface area (Å²) in [6.07, 6.45) is 8.90. The van der Waals surface area contributed by atoms with Gasteiger partial charge in [0.05, 0.1) is 18.7 Å². The number of rotatable bonds is 7. The van der Waals surface area contributed by atoms with Gasteiger partial charge in [-0.05, 0) is 56.0 Å². The van der Waals surface area contributed by atoms with Gasteiger partial charge in [0.15, 0.2) is 0 Å². The number of hydrogen-bond donors (Lipinski definition) is 2. The standard InChI is InChI=1S/C26H33N3O3/c1-4-8-23(6-3)28-25(30)22-15-21(20-12-10-19(5-2)11-13-20)17-29(18-22)26(31)27-16-24-9-7-14-32-24/h4,6-14,21-22H,5,15-18H2,1-3H3,(H,27,31)(H,28,30)/b8-4-,23-6+. The molecule has 6 heteroatoms. The molecule has 2 unspecified atom stereocenters. The third-order valence-electron chi connectivity index (χ3n) is 5.89. The van der Waals surface area contributed by atoms with E-state index < -0.39 is 0 Å². The van der Waals surface area contributed by atoms with Crippen molar-refractivity contribution in [3.05, 3.63) is 83.5 Å². The van der Waals surface area contributed by atoms with Crippen molar-refractivity contribution >= 4 is 11.9 Å². The number of nitrogens with zero attached hydrogens (tertiary/aromatic N) is 1. The van der Waals surface area contributed by atoms with Crippen molar-refractivity contribution in [2.24, 2.45) is 5.92 Å². The van der Waals surface area contributed by atoms with Gasteiger partial charge in [-0.2, -0.15) is 0 Å². The van der Waals surface area contributed by atoms with E-state index in [1.165, 1.54) is 5.56 Å². The highest BCUT2D eigenvalue weighted by atomic mass is 16.3. The highest BCUT2D eigenvalue weighted by Crippen LogP contribution is 2.31. The Bertz CT molecular complexity index is 945. The van der Waals surface area contributed by atoms with Crippen LogP contribution in [0.25, 0.3) is 0 Å². The van der Waals surface area contributed by atoms with E-state index in [9.17, 15) is 9.59 Å². The summed E-state index contributed by atoms with van der Waals surface area (Å²) >= 11 is 0. The first-order valence-corrected chi connectivity index (χ1v) is 11.3. The molecule has 170 valence electrons. The molecule has 1 aliphatic heterocycles. The fourth-order valence-electron chi connectivity index (χ4n) is 4.04. The zero-order valence-electron chi connectivity index (χ0n) is 19.1. The number of amides is 3. The molecule has 0 spiro atoms. The highest BCUT2D eigenvalue weighted by molar-refractivity contribution is 5.82. The lowest BCUT2D eigenvalue weighted by Gasteiger charge is -2.37. The van der Waals surface area contributed by atoms with Crippen molar-refractivity contribution in [3.8, 4) is 0 Å². The van der Waals surface area contributed by atoms with Crippen molar-refractivity contribution in [3.63, 3.8) is 0 Å². The molecule has 1 fully saturated rings. The van der Waals surface area contributed by atoms with Crippen LogP contribution in [0.15, 0.2) is 71.0 Å². The maximum atomic E-state index is 13.1. The molecule has 6 nitrogen and oxygen atoms in total. The van der Waals surface area contributed by atoms with E-state index in [-0.39, 0.29) is 23.8 Å². The number of benzene rings is 1. The molecule has 1 aliphatic rings. The summed E-state index contributed by atoms with van der Waals surface area (Å²) in [7, 11) is 0. The first-order chi connectivity index (χ1) is 15.5. The number of urea groups is 1. The van der Waals surface area contributed by atoms with Gasteiger partial charge in [0, 0.05) is 24.7 Å². The molecule has 0 aliphatic carbocycles. The molecule has 0 saturated carbocycles. The predicted octanol–water partition coefficient (Wildman–Crippen LogP) is 4.75. The molecule has 1 saturated heterocycles. The molecule has 0 bridgehead atoms. The van der Waals surface area contributed by atoms with Gasteiger partial charge in [-0.15, -0.1) is 0 Å². The second-order valence-corrected chi connectivity index (χ2v) is 8.10. The molecule has 32 heavy (non-hydrogen) atoms. The van der Waals surface area contributed by atoms with Crippen LogP contribution in [-0.4, -0.2) is 29.9 Å². The minimum absolute atomic E-state index is 0.0603. The van der Waals surface area contributed by atoms with Crippen LogP contribution in [0.1, 0.15) is 50.0 Å². The van der Waals surface area contributed by atoms with Crippen LogP contribution in [-0.2, 0) is 17.8 Å². The summed E-state index contributed by atoms with van der Waals surface area (Å²) < 4.78 is 5.31. The smallest absolute Gasteiger partial charge is 0.317 e. The monoisotopic (exact) mass is 435 g/mol. The number of furan rings is 1. The van der Waals surface area contributed by atoms with Crippen molar-refractivity contribution in [2.45, 2.75) is 46.1 Å². The SMILES string of the molecule is C/C=C\C(=C/C)NC(=O)C1CC(c2ccc(CC)cc2)CN(C(=O)NCc2ccco2)C1. The Morgan fingerprint density at radius 1 is 1.16 bits per heavy atom. The molecule has 2 heterocycles. The van der Waals surface area contributed by atoms with Crippen molar-refractivity contribution in [1.29, 1.82) is 0 Å². The Hall–Kier alpha value is -3.28. The number of allylic oxidation sites excluding steroid dienone is 3. The first kappa shape index (κ1) is 23.4. The lowest BCUT2D eigenvalue weighted by atomic mass is 9.83. The van der Waals surface area contributed by atoms with Gasteiger partial charge in [-0.3, -0.25) is 4.79 Å². The quantitative estimate of drug-likeness (QED) is 0.616. The second kappa shape index (κ2) is 11.4. The van der Waals surface area contributed by atoms with Gasteiger partial charge < -0.3 is 20.0 Å². The minimum atomic E-state index is -0.297. The van der Waals surface area contributed by atoms with Crippen LogP contribution in [0.2, 0.25) is 0 Å². The van der Waals surface area contributed by atoms with Crippen LogP contribution in [0, 0.1) is 5.92 Å². The van der Waals surface area contributed by atoms with Crippen LogP contribution in [0.5, 0.6) is 0 Å². The number of piperidine rings is 1. The normalized spacial score (nSPS) is 19.2. The van der Waals surface area contributed by atoms with Gasteiger partial charge in [0.1, 0.15) is 5.76 Å². The molecule has 3 amide bonds. The van der Waals surface area contributed by atoms with Gasteiger partial charge in [-0.1, -0.05) is 43.3 Å². The van der Waals surface area contributed by atoms with Crippen molar-refractivity contribution in [1.82, 2.24) is 15.5 Å². The number of carbonyl (C=O) groups excluding carboxylic acids is 2. The molecule has 0 radical (unpaired) electrons. The lowest BCUT2D eigenvalue weighted by molar-refractivity contribution is -0.125. The Morgan fingerprint density at radius 2 is 1.94 bits per heavy atom. The lowest BCUT2D eigenvalue weighted by Crippen LogP contribution is -2.50. The summed E-state index contributed by atoms with van der Waals surface area (Å²) in [5.74, 6) is 0.431. The van der Waals surface area contributed by atoms with E-state index in [4.69, 9.17) is 4.42 Å². The molecule has 2 atom stereocenters. The average Bonchev–Trinajstić information content (AvgIpc) is 3.35. The topological polar surface area (TPSA) is 74.6 Å². The van der Waals surface area contributed by atoms with Crippen molar-refractivity contribution < 1.29 is 14.0 Å². The first-order valence-electron chi connectivity index (χ1n) is 11.3. The van der Waals surface area contributed by atoms with E-state index >= 15 is 0 Å². The Labute approximate surface area is 190 Å². The molecular formula is C26H33N3O3. The Balaban J connectivity index is 1.76. The number of hydrogen-bond acceptors (Lipinski definition) is 3. The molecule has 2 aromatic rings. The van der Waals surface area contributed by atoms with Crippen LogP contribution in [0.3, 0.4) is 0 Å². The molecule has 2 N–H and O–H groups in total. The van der Waals surface area contributed by atoms with E-state index in [1.807, 2.05) is 38.1 Å². The summed E-state index contributed by atoms with van der Waals surface area (Å²) in [6, 6.07) is 11.9.